The van der Waals surface area contributed by atoms with Crippen LogP contribution in [0.2, 0.25) is 0 Å². The van der Waals surface area contributed by atoms with Crippen LogP contribution in [0.1, 0.15) is 57.6 Å². The van der Waals surface area contributed by atoms with Gasteiger partial charge in [0.2, 0.25) is 0 Å². The molecule has 9 heteroatoms. The molecule has 2 heterocycles. The molecule has 0 spiro atoms. The predicted molar refractivity (Wildman–Crippen MR) is 124 cm³/mol. The van der Waals surface area contributed by atoms with Gasteiger partial charge in [0.05, 0.1) is 16.4 Å². The normalized spacial score (nSPS) is 19.4. The highest BCUT2D eigenvalue weighted by atomic mass is 32.2. The van der Waals surface area contributed by atoms with Crippen molar-refractivity contribution in [1.29, 1.82) is 0 Å². The summed E-state index contributed by atoms with van der Waals surface area (Å²) in [6.07, 6.45) is 0.904. The summed E-state index contributed by atoms with van der Waals surface area (Å²) < 4.78 is 0. The molecule has 4 rings (SSSR count). The van der Waals surface area contributed by atoms with Crippen molar-refractivity contribution in [3.63, 3.8) is 0 Å². The lowest BCUT2D eigenvalue weighted by Crippen LogP contribution is -2.37. The van der Waals surface area contributed by atoms with Crippen LogP contribution in [0.5, 0.6) is 0 Å². The molecule has 2 N–H and O–H groups in total. The number of allylic oxidation sites excluding steroid dienone is 2. The van der Waals surface area contributed by atoms with E-state index in [0.29, 0.717) is 46.6 Å². The number of ketones is 1. The van der Waals surface area contributed by atoms with Gasteiger partial charge in [-0.25, -0.2) is 4.98 Å². The summed E-state index contributed by atoms with van der Waals surface area (Å²) in [7, 11) is 0. The number of carbonyl (C=O) groups is 1. The van der Waals surface area contributed by atoms with Gasteiger partial charge >= 0.3 is 0 Å². The van der Waals surface area contributed by atoms with Gasteiger partial charge in [0.15, 0.2) is 10.9 Å². The lowest BCUT2D eigenvalue weighted by molar-refractivity contribution is -0.385. The molecule has 168 valence electrons. The summed E-state index contributed by atoms with van der Waals surface area (Å²) in [4.78, 5) is 45.3. The van der Waals surface area contributed by atoms with Gasteiger partial charge in [0, 0.05) is 35.1 Å². The number of fused-ring (bicyclic) bond motifs is 1. The first-order valence-corrected chi connectivity index (χ1v) is 11.6. The summed E-state index contributed by atoms with van der Waals surface area (Å²) in [5.74, 6) is 0.629. The zero-order valence-corrected chi connectivity index (χ0v) is 19.3. The number of hydrogen-bond acceptors (Lipinski definition) is 7. The molecule has 0 saturated heterocycles. The summed E-state index contributed by atoms with van der Waals surface area (Å²) in [5, 5.41) is 15.5. The molecule has 0 fully saturated rings. The number of aromatic amines is 1. The summed E-state index contributed by atoms with van der Waals surface area (Å²) in [6.45, 7) is 8.19. The quantitative estimate of drug-likeness (QED) is 0.293. The maximum absolute atomic E-state index is 13.3. The number of thioether (sulfide) groups is 1. The Morgan fingerprint density at radius 2 is 1.97 bits per heavy atom. The van der Waals surface area contributed by atoms with Gasteiger partial charge in [-0.2, -0.15) is 0 Å². The van der Waals surface area contributed by atoms with Crippen LogP contribution in [-0.2, 0) is 4.79 Å². The van der Waals surface area contributed by atoms with Gasteiger partial charge in [-0.1, -0.05) is 57.7 Å². The number of nitro benzene ring substituents is 1. The third kappa shape index (κ3) is 4.09. The molecule has 2 aromatic rings. The molecule has 1 aliphatic carbocycles. The van der Waals surface area contributed by atoms with E-state index in [1.165, 1.54) is 17.8 Å². The Bertz CT molecular complexity index is 1200. The minimum atomic E-state index is -0.841. The van der Waals surface area contributed by atoms with Crippen molar-refractivity contribution < 1.29 is 9.72 Å². The molecule has 1 aromatic heterocycles. The van der Waals surface area contributed by atoms with E-state index in [9.17, 15) is 19.7 Å². The second kappa shape index (κ2) is 8.20. The average molecular weight is 455 g/mol. The molecule has 8 nitrogen and oxygen atoms in total. The van der Waals surface area contributed by atoms with Crippen LogP contribution in [-0.4, -0.2) is 26.4 Å². The van der Waals surface area contributed by atoms with Crippen LogP contribution in [0.3, 0.4) is 0 Å². The Kier molecular flexibility index (Phi) is 5.70. The van der Waals surface area contributed by atoms with Crippen LogP contribution in [0.15, 0.2) is 45.5 Å². The molecule has 1 aromatic carbocycles. The van der Waals surface area contributed by atoms with Crippen molar-refractivity contribution in [2.24, 2.45) is 11.3 Å². The molecule has 0 radical (unpaired) electrons. The van der Waals surface area contributed by atoms with Crippen LogP contribution >= 0.6 is 11.8 Å². The van der Waals surface area contributed by atoms with E-state index in [4.69, 9.17) is 0 Å². The van der Waals surface area contributed by atoms with E-state index >= 15 is 0 Å². The fourth-order valence-corrected chi connectivity index (χ4v) is 5.23. The highest BCUT2D eigenvalue weighted by molar-refractivity contribution is 7.99. The third-order valence-electron chi connectivity index (χ3n) is 5.70. The van der Waals surface area contributed by atoms with Crippen molar-refractivity contribution in [3.8, 4) is 0 Å². The largest absolute Gasteiger partial charge is 0.343 e. The number of para-hydroxylation sites is 1. The van der Waals surface area contributed by atoms with Gasteiger partial charge in [0.1, 0.15) is 5.82 Å². The minimum Gasteiger partial charge on any atom is -0.343 e. The lowest BCUT2D eigenvalue weighted by Gasteiger charge is -2.38. The number of Topliss-reactive ketones (excluding diaryl/α,β-unsaturated/α-hetero) is 1. The Morgan fingerprint density at radius 1 is 1.25 bits per heavy atom. The highest BCUT2D eigenvalue weighted by Gasteiger charge is 2.44. The molecule has 2 aliphatic rings. The summed E-state index contributed by atoms with van der Waals surface area (Å²) in [5.41, 5.74) is 0.939. The van der Waals surface area contributed by atoms with Gasteiger partial charge in [-0.15, -0.1) is 0 Å². The van der Waals surface area contributed by atoms with E-state index in [0.717, 1.165) is 5.75 Å². The van der Waals surface area contributed by atoms with Crippen molar-refractivity contribution in [1.82, 2.24) is 9.97 Å². The zero-order chi connectivity index (χ0) is 23.2. The van der Waals surface area contributed by atoms with E-state index in [1.807, 2.05) is 13.8 Å². The zero-order valence-electron chi connectivity index (χ0n) is 18.5. The monoisotopic (exact) mass is 454 g/mol. The van der Waals surface area contributed by atoms with E-state index in [1.54, 1.807) is 18.2 Å². The maximum Gasteiger partial charge on any atom is 0.273 e. The van der Waals surface area contributed by atoms with E-state index < -0.39 is 10.8 Å². The van der Waals surface area contributed by atoms with E-state index in [-0.39, 0.29) is 28.0 Å². The number of nitrogens with zero attached hydrogens (tertiary/aromatic N) is 2. The van der Waals surface area contributed by atoms with E-state index in [2.05, 4.69) is 29.1 Å². The number of hydrogen-bond donors (Lipinski definition) is 2. The van der Waals surface area contributed by atoms with Crippen LogP contribution in [0.4, 0.5) is 11.5 Å². The first-order valence-electron chi connectivity index (χ1n) is 10.6. The SMILES string of the molecule is CC(C)CSc1nc2c(c(=O)[nH]1)C(c1ccccc1[N+](=O)[O-])C1=C(CC(C)(C)CC1=O)N2. The second-order valence-electron chi connectivity index (χ2n) is 9.55. The number of H-pyrrole nitrogens is 1. The molecule has 0 saturated carbocycles. The topological polar surface area (TPSA) is 118 Å². The Balaban J connectivity index is 1.95. The highest BCUT2D eigenvalue weighted by Crippen LogP contribution is 2.49. The third-order valence-corrected chi connectivity index (χ3v) is 7.00. The van der Waals surface area contributed by atoms with Gasteiger partial charge in [-0.05, 0) is 17.8 Å². The summed E-state index contributed by atoms with van der Waals surface area (Å²) >= 11 is 1.45. The standard InChI is InChI=1S/C23H26N4O4S/c1-12(2)11-32-22-25-20-19(21(29)26-22)17(13-7-5-6-8-15(13)27(30)31)18-14(24-20)9-23(3,4)10-16(18)28/h5-8,12,17H,9-11H2,1-4H3,(H2,24,25,26,29). The number of rotatable bonds is 5. The summed E-state index contributed by atoms with van der Waals surface area (Å²) in [6, 6.07) is 6.30. The first-order chi connectivity index (χ1) is 15.1. The Labute approximate surface area is 190 Å². The predicted octanol–water partition coefficient (Wildman–Crippen LogP) is 4.63. The number of nitro groups is 1. The molecular weight excluding hydrogens is 428 g/mol. The number of nitrogens with one attached hydrogen (secondary N) is 2. The van der Waals surface area contributed by atoms with Crippen LogP contribution in [0.25, 0.3) is 0 Å². The van der Waals surface area contributed by atoms with Crippen molar-refractivity contribution in [2.45, 2.75) is 51.6 Å². The van der Waals surface area contributed by atoms with Gasteiger partial charge in [-0.3, -0.25) is 19.7 Å². The smallest absolute Gasteiger partial charge is 0.273 e. The number of anilines is 1. The fraction of sp³-hybridized carbons (Fsp3) is 0.435. The van der Waals surface area contributed by atoms with Crippen LogP contribution in [0, 0.1) is 21.4 Å². The second-order valence-corrected chi connectivity index (χ2v) is 10.6. The van der Waals surface area contributed by atoms with Gasteiger partial charge in [0.25, 0.3) is 11.2 Å². The number of aromatic nitrogens is 2. The number of carbonyl (C=O) groups excluding carboxylic acids is 1. The minimum absolute atomic E-state index is 0.102. The molecule has 0 bridgehead atoms. The van der Waals surface area contributed by atoms with Crippen molar-refractivity contribution >= 4 is 29.1 Å². The molecule has 32 heavy (non-hydrogen) atoms. The average Bonchev–Trinajstić information content (AvgIpc) is 2.69. The van der Waals surface area contributed by atoms with Crippen molar-refractivity contribution in [2.75, 3.05) is 11.1 Å². The Hall–Kier alpha value is -2.94. The molecular formula is C23H26N4O4S. The Morgan fingerprint density at radius 3 is 2.66 bits per heavy atom. The molecule has 1 unspecified atom stereocenters. The molecule has 1 aliphatic heterocycles. The van der Waals surface area contributed by atoms with Gasteiger partial charge < -0.3 is 10.3 Å². The maximum atomic E-state index is 13.3. The molecule has 1 atom stereocenters. The first kappa shape index (κ1) is 22.3. The molecule has 0 amide bonds. The van der Waals surface area contributed by atoms with Crippen molar-refractivity contribution in [3.05, 3.63) is 67.1 Å². The lowest BCUT2D eigenvalue weighted by atomic mass is 9.69. The fourth-order valence-electron chi connectivity index (χ4n) is 4.42. The van der Waals surface area contributed by atoms with Crippen LogP contribution < -0.4 is 10.9 Å². The number of benzene rings is 1.